The highest BCUT2D eigenvalue weighted by Crippen LogP contribution is 2.38. The van der Waals surface area contributed by atoms with Gasteiger partial charge in [-0.25, -0.2) is 0 Å². The summed E-state index contributed by atoms with van der Waals surface area (Å²) < 4.78 is 4.73. The average molecular weight is 324 g/mol. The van der Waals surface area contributed by atoms with Crippen molar-refractivity contribution < 1.29 is 14.3 Å². The van der Waals surface area contributed by atoms with Crippen molar-refractivity contribution in [3.8, 4) is 0 Å². The van der Waals surface area contributed by atoms with Gasteiger partial charge in [-0.15, -0.1) is 0 Å². The number of nitrogens with one attached hydrogen (secondary N) is 1. The molecule has 1 aromatic rings. The molecule has 122 valence electrons. The fraction of sp³-hybridized carbons (Fsp3) is 0.500. The second-order valence-corrected chi connectivity index (χ2v) is 7.01. The Morgan fingerprint density at radius 3 is 2.05 bits per heavy atom. The summed E-state index contributed by atoms with van der Waals surface area (Å²) in [5.74, 6) is -0.229. The van der Waals surface area contributed by atoms with E-state index in [9.17, 15) is 9.59 Å². The maximum absolute atomic E-state index is 11.6. The van der Waals surface area contributed by atoms with Crippen molar-refractivity contribution in [2.45, 2.75) is 18.6 Å². The highest BCUT2D eigenvalue weighted by molar-refractivity contribution is 8.16. The summed E-state index contributed by atoms with van der Waals surface area (Å²) in [6.45, 7) is 4.67. The van der Waals surface area contributed by atoms with Crippen molar-refractivity contribution in [1.82, 2.24) is 10.2 Å². The van der Waals surface area contributed by atoms with Gasteiger partial charge in [-0.3, -0.25) is 19.8 Å². The van der Waals surface area contributed by atoms with E-state index in [-0.39, 0.29) is 17.1 Å². The molecule has 1 saturated heterocycles. The van der Waals surface area contributed by atoms with Crippen molar-refractivity contribution in [3.63, 3.8) is 0 Å². The molecule has 6 heteroatoms. The molecule has 1 aromatic carbocycles. The molecule has 22 heavy (non-hydrogen) atoms. The minimum absolute atomic E-state index is 0.0103. The molecule has 2 atom stereocenters. The fourth-order valence-corrected chi connectivity index (χ4v) is 2.70. The van der Waals surface area contributed by atoms with E-state index in [1.54, 1.807) is 6.92 Å². The number of rotatable bonds is 5. The molecule has 2 amide bonds. The number of thioether (sulfide) groups is 1. The molecular formula is C16H24N2O3S. The van der Waals surface area contributed by atoms with Crippen LogP contribution in [0.3, 0.4) is 0 Å². The topological polar surface area (TPSA) is 58.6 Å². The van der Waals surface area contributed by atoms with Crippen LogP contribution in [0.5, 0.6) is 0 Å². The maximum atomic E-state index is 11.6. The van der Waals surface area contributed by atoms with Crippen molar-refractivity contribution in [1.29, 1.82) is 0 Å². The molecule has 2 rings (SSSR count). The second-order valence-electron chi connectivity index (χ2n) is 5.59. The zero-order chi connectivity index (χ0) is 16.6. The Balaban J connectivity index is 0.000000335. The van der Waals surface area contributed by atoms with Gasteiger partial charge in [0.25, 0.3) is 5.24 Å². The minimum Gasteiger partial charge on any atom is -0.366 e. The lowest BCUT2D eigenvalue weighted by Crippen LogP contribution is -2.41. The maximum Gasteiger partial charge on any atom is 0.286 e. The van der Waals surface area contributed by atoms with E-state index in [1.165, 1.54) is 0 Å². The smallest absolute Gasteiger partial charge is 0.286 e. The zero-order valence-electron chi connectivity index (χ0n) is 13.5. The number of hydrogen-bond acceptors (Lipinski definition) is 5. The SMILES string of the molecule is CC(COCN(C)C)C1(C)SC(=O)NC1=O.c1ccccc1. The van der Waals surface area contributed by atoms with Crippen molar-refractivity contribution >= 4 is 22.9 Å². The summed E-state index contributed by atoms with van der Waals surface area (Å²) in [5.41, 5.74) is 0. The van der Waals surface area contributed by atoms with Crippen LogP contribution in [0.2, 0.25) is 0 Å². The van der Waals surface area contributed by atoms with Gasteiger partial charge in [-0.1, -0.05) is 43.3 Å². The molecule has 0 bridgehead atoms. The van der Waals surface area contributed by atoms with Gasteiger partial charge in [-0.05, 0) is 32.8 Å². The van der Waals surface area contributed by atoms with Crippen LogP contribution in [0.1, 0.15) is 13.8 Å². The third-order valence-electron chi connectivity index (χ3n) is 3.30. The van der Waals surface area contributed by atoms with Gasteiger partial charge in [0.2, 0.25) is 5.91 Å². The predicted octanol–water partition coefficient (Wildman–Crippen LogP) is 2.59. The van der Waals surface area contributed by atoms with Crippen LogP contribution < -0.4 is 5.32 Å². The van der Waals surface area contributed by atoms with Gasteiger partial charge in [0.1, 0.15) is 4.75 Å². The van der Waals surface area contributed by atoms with Gasteiger partial charge in [0, 0.05) is 5.92 Å². The number of benzene rings is 1. The third kappa shape index (κ3) is 5.79. The number of carbonyl (C=O) groups is 2. The predicted molar refractivity (Wildman–Crippen MR) is 89.6 cm³/mol. The second kappa shape index (κ2) is 8.92. The van der Waals surface area contributed by atoms with Crippen LogP contribution in [-0.2, 0) is 9.53 Å². The Morgan fingerprint density at radius 2 is 1.68 bits per heavy atom. The van der Waals surface area contributed by atoms with E-state index < -0.39 is 4.75 Å². The van der Waals surface area contributed by atoms with Crippen LogP contribution in [0.25, 0.3) is 0 Å². The molecule has 1 heterocycles. The van der Waals surface area contributed by atoms with Crippen LogP contribution in [0.15, 0.2) is 36.4 Å². The van der Waals surface area contributed by atoms with Gasteiger partial charge in [0.05, 0.1) is 13.3 Å². The Labute approximate surface area is 136 Å². The molecule has 1 N–H and O–H groups in total. The number of amides is 2. The molecule has 2 unspecified atom stereocenters. The molecule has 1 aliphatic heterocycles. The average Bonchev–Trinajstić information content (AvgIpc) is 2.75. The number of carbonyl (C=O) groups excluding carboxylic acids is 2. The lowest BCUT2D eigenvalue weighted by Gasteiger charge is -2.26. The third-order valence-corrected chi connectivity index (χ3v) is 4.59. The lowest BCUT2D eigenvalue weighted by molar-refractivity contribution is -0.123. The molecule has 1 fully saturated rings. The number of imide groups is 1. The van der Waals surface area contributed by atoms with Crippen LogP contribution in [0, 0.1) is 5.92 Å². The standard InChI is InChI=1S/C10H18N2O3S.C6H6/c1-7(5-15-6-12(3)4)10(2)8(13)11-9(14)16-10;1-2-4-6-5-3-1/h7H,5-6H2,1-4H3,(H,11,13,14);1-6H. The number of hydrogen-bond donors (Lipinski definition) is 1. The van der Waals surface area contributed by atoms with E-state index in [4.69, 9.17) is 4.74 Å². The normalized spacial score (nSPS) is 22.0. The fourth-order valence-electron chi connectivity index (χ4n) is 1.76. The van der Waals surface area contributed by atoms with Crippen LogP contribution >= 0.6 is 11.8 Å². The summed E-state index contributed by atoms with van der Waals surface area (Å²) in [7, 11) is 3.82. The Bertz CT molecular complexity index is 455. The van der Waals surface area contributed by atoms with E-state index in [0.717, 1.165) is 11.8 Å². The van der Waals surface area contributed by atoms with E-state index in [1.807, 2.05) is 62.3 Å². The molecule has 0 radical (unpaired) electrons. The van der Waals surface area contributed by atoms with E-state index in [0.29, 0.717) is 13.3 Å². The Hall–Kier alpha value is -1.37. The molecule has 1 aliphatic rings. The Kier molecular flexibility index (Phi) is 7.58. The summed E-state index contributed by atoms with van der Waals surface area (Å²) >= 11 is 1.05. The van der Waals surface area contributed by atoms with Crippen LogP contribution in [0.4, 0.5) is 4.79 Å². The highest BCUT2D eigenvalue weighted by Gasteiger charge is 2.47. The highest BCUT2D eigenvalue weighted by atomic mass is 32.2. The van der Waals surface area contributed by atoms with Crippen molar-refractivity contribution in [2.75, 3.05) is 27.4 Å². The van der Waals surface area contributed by atoms with Crippen LogP contribution in [-0.4, -0.2) is 48.2 Å². The number of ether oxygens (including phenoxy) is 1. The lowest BCUT2D eigenvalue weighted by atomic mass is 9.95. The zero-order valence-corrected chi connectivity index (χ0v) is 14.4. The summed E-state index contributed by atoms with van der Waals surface area (Å²) in [5, 5.41) is 2.04. The first-order valence-electron chi connectivity index (χ1n) is 7.13. The van der Waals surface area contributed by atoms with Gasteiger partial charge in [0.15, 0.2) is 0 Å². The minimum atomic E-state index is -0.705. The molecule has 0 spiro atoms. The first-order valence-corrected chi connectivity index (χ1v) is 7.95. The summed E-state index contributed by atoms with van der Waals surface area (Å²) in [4.78, 5) is 24.7. The van der Waals surface area contributed by atoms with Crippen molar-refractivity contribution in [3.05, 3.63) is 36.4 Å². The molecule has 0 saturated carbocycles. The van der Waals surface area contributed by atoms with Crippen molar-refractivity contribution in [2.24, 2.45) is 5.92 Å². The van der Waals surface area contributed by atoms with E-state index >= 15 is 0 Å². The first kappa shape index (κ1) is 18.7. The van der Waals surface area contributed by atoms with E-state index in [2.05, 4.69) is 5.32 Å². The van der Waals surface area contributed by atoms with Gasteiger partial charge < -0.3 is 4.74 Å². The first-order chi connectivity index (χ1) is 10.4. The molecule has 5 nitrogen and oxygen atoms in total. The largest absolute Gasteiger partial charge is 0.366 e. The monoisotopic (exact) mass is 324 g/mol. The molecular weight excluding hydrogens is 300 g/mol. The van der Waals surface area contributed by atoms with Gasteiger partial charge in [-0.2, -0.15) is 0 Å². The summed E-state index contributed by atoms with van der Waals surface area (Å²) in [6, 6.07) is 12.0. The number of nitrogens with zero attached hydrogens (tertiary/aromatic N) is 1. The van der Waals surface area contributed by atoms with Gasteiger partial charge >= 0.3 is 0 Å². The Morgan fingerprint density at radius 1 is 1.18 bits per heavy atom. The summed E-state index contributed by atoms with van der Waals surface area (Å²) in [6.07, 6.45) is 0. The quantitative estimate of drug-likeness (QED) is 0.844. The molecule has 0 aromatic heterocycles. The molecule has 0 aliphatic carbocycles.